The van der Waals surface area contributed by atoms with E-state index in [4.69, 9.17) is 9.84 Å². The zero-order valence-corrected chi connectivity index (χ0v) is 20.2. The largest absolute Gasteiger partial charge is 0.493 e. The second kappa shape index (κ2) is 10.2. The number of aliphatic carboxylic acids is 1. The molecule has 0 bridgehead atoms. The Morgan fingerprint density at radius 1 is 1.05 bits per heavy atom. The maximum atomic E-state index is 13.6. The monoisotopic (exact) mass is 515 g/mol. The van der Waals surface area contributed by atoms with Crippen LogP contribution < -0.4 is 10.1 Å². The number of hydrogen-bond acceptors (Lipinski definition) is 3. The second-order valence-electron chi connectivity index (χ2n) is 9.20. The van der Waals surface area contributed by atoms with Gasteiger partial charge in [0.05, 0.1) is 23.8 Å². The van der Waals surface area contributed by atoms with Crippen LogP contribution in [0.25, 0.3) is 0 Å². The van der Waals surface area contributed by atoms with Crippen LogP contribution in [0.5, 0.6) is 5.75 Å². The van der Waals surface area contributed by atoms with Crippen molar-refractivity contribution in [2.45, 2.75) is 38.8 Å². The van der Waals surface area contributed by atoms with Gasteiger partial charge in [-0.15, -0.1) is 0 Å². The van der Waals surface area contributed by atoms with Gasteiger partial charge in [-0.05, 0) is 84.8 Å². The number of rotatable bonds is 8. The molecule has 4 rings (SSSR count). The van der Waals surface area contributed by atoms with Gasteiger partial charge in [0.1, 0.15) is 11.6 Å². The molecule has 3 aromatic carbocycles. The second-order valence-corrected chi connectivity index (χ2v) is 9.20. The Balaban J connectivity index is 1.51. The number of anilines is 1. The summed E-state index contributed by atoms with van der Waals surface area (Å²) < 4.78 is 60.0. The summed E-state index contributed by atoms with van der Waals surface area (Å²) in [6.07, 6.45) is -3.90. The van der Waals surface area contributed by atoms with Gasteiger partial charge in [0.25, 0.3) is 5.91 Å². The lowest BCUT2D eigenvalue weighted by Crippen LogP contribution is -2.19. The highest BCUT2D eigenvalue weighted by Crippen LogP contribution is 2.49. The van der Waals surface area contributed by atoms with Crippen molar-refractivity contribution in [3.05, 3.63) is 93.8 Å². The molecule has 1 aliphatic carbocycles. The average Bonchev–Trinajstić information content (AvgIpc) is 3.59. The van der Waals surface area contributed by atoms with Gasteiger partial charge in [-0.3, -0.25) is 9.59 Å². The number of amides is 1. The standard InChI is InChI=1S/C28H25F4NO4/c1-15-10-20(37-9-8-17-4-3-5-19(29)12-17)11-16(2)25(15)26(34)33-24-13-18(21-14-22(21)27(35)36)6-7-23(24)28(30,31)32/h3-7,10-13,21-22H,8-9,14H2,1-2H3,(H,33,34)(H,35,36)/t21-,22-/m1/s1. The normalized spacial score (nSPS) is 16.8. The number of carboxylic acid groups (broad SMARTS) is 1. The number of carbonyl (C=O) groups excluding carboxylic acids is 1. The number of benzene rings is 3. The highest BCUT2D eigenvalue weighted by Gasteiger charge is 2.45. The Morgan fingerprint density at radius 2 is 1.76 bits per heavy atom. The molecular formula is C28H25F4NO4. The van der Waals surface area contributed by atoms with E-state index in [0.29, 0.717) is 35.3 Å². The Bertz CT molecular complexity index is 1330. The molecule has 0 aromatic heterocycles. The van der Waals surface area contributed by atoms with E-state index in [0.717, 1.165) is 11.6 Å². The first kappa shape index (κ1) is 26.2. The van der Waals surface area contributed by atoms with Crippen LogP contribution in [0.3, 0.4) is 0 Å². The smallest absolute Gasteiger partial charge is 0.418 e. The molecule has 0 spiro atoms. The van der Waals surface area contributed by atoms with Gasteiger partial charge >= 0.3 is 12.1 Å². The van der Waals surface area contributed by atoms with E-state index < -0.39 is 35.2 Å². The van der Waals surface area contributed by atoms with Crippen LogP contribution in [0.1, 0.15) is 50.5 Å². The summed E-state index contributed by atoms with van der Waals surface area (Å²) in [6.45, 7) is 3.59. The van der Waals surface area contributed by atoms with E-state index in [9.17, 15) is 27.2 Å². The fourth-order valence-corrected chi connectivity index (χ4v) is 4.51. The Labute approximate surface area is 211 Å². The Morgan fingerprint density at radius 3 is 2.35 bits per heavy atom. The van der Waals surface area contributed by atoms with Gasteiger partial charge in [0.2, 0.25) is 0 Å². The lowest BCUT2D eigenvalue weighted by Gasteiger charge is -2.17. The van der Waals surface area contributed by atoms with Gasteiger partial charge in [-0.1, -0.05) is 18.2 Å². The van der Waals surface area contributed by atoms with Gasteiger partial charge in [-0.25, -0.2) is 4.39 Å². The molecule has 2 N–H and O–H groups in total. The van der Waals surface area contributed by atoms with Crippen molar-refractivity contribution < 1.29 is 37.0 Å². The molecule has 3 aromatic rings. The number of ether oxygens (including phenoxy) is 1. The minimum absolute atomic E-state index is 0.214. The lowest BCUT2D eigenvalue weighted by molar-refractivity contribution is -0.139. The molecule has 1 amide bonds. The Hall–Kier alpha value is -3.88. The van der Waals surface area contributed by atoms with Crippen molar-refractivity contribution in [1.29, 1.82) is 0 Å². The van der Waals surface area contributed by atoms with Crippen LogP contribution in [0, 0.1) is 25.6 Å². The van der Waals surface area contributed by atoms with Crippen LogP contribution in [0.4, 0.5) is 23.2 Å². The van der Waals surface area contributed by atoms with Crippen LogP contribution in [-0.4, -0.2) is 23.6 Å². The third-order valence-electron chi connectivity index (χ3n) is 6.41. The van der Waals surface area contributed by atoms with Crippen molar-refractivity contribution >= 4 is 17.6 Å². The third kappa shape index (κ3) is 6.10. The first-order chi connectivity index (χ1) is 17.4. The number of aryl methyl sites for hydroxylation is 2. The van der Waals surface area contributed by atoms with E-state index in [1.807, 2.05) is 0 Å². The molecule has 194 valence electrons. The van der Waals surface area contributed by atoms with Crippen molar-refractivity contribution in [1.82, 2.24) is 0 Å². The molecule has 0 aliphatic heterocycles. The summed E-state index contributed by atoms with van der Waals surface area (Å²) >= 11 is 0. The van der Waals surface area contributed by atoms with E-state index >= 15 is 0 Å². The lowest BCUT2D eigenvalue weighted by atomic mass is 10.00. The minimum atomic E-state index is -4.71. The van der Waals surface area contributed by atoms with Crippen molar-refractivity contribution in [2.75, 3.05) is 11.9 Å². The molecule has 1 saturated carbocycles. The number of alkyl halides is 3. The number of nitrogens with one attached hydrogen (secondary N) is 1. The summed E-state index contributed by atoms with van der Waals surface area (Å²) in [7, 11) is 0. The van der Waals surface area contributed by atoms with Crippen LogP contribution >= 0.6 is 0 Å². The zero-order valence-electron chi connectivity index (χ0n) is 20.2. The maximum Gasteiger partial charge on any atom is 0.418 e. The Kier molecular flexibility index (Phi) is 7.25. The van der Waals surface area contributed by atoms with Crippen molar-refractivity contribution in [3.63, 3.8) is 0 Å². The summed E-state index contributed by atoms with van der Waals surface area (Å²) in [5, 5.41) is 11.6. The molecule has 37 heavy (non-hydrogen) atoms. The van der Waals surface area contributed by atoms with Gasteiger partial charge < -0.3 is 15.2 Å². The molecule has 0 saturated heterocycles. The molecule has 0 unspecified atom stereocenters. The molecule has 2 atom stereocenters. The van der Waals surface area contributed by atoms with E-state index in [-0.39, 0.29) is 23.9 Å². The topological polar surface area (TPSA) is 75.6 Å². The number of halogens is 4. The van der Waals surface area contributed by atoms with Crippen LogP contribution in [0.15, 0.2) is 54.6 Å². The molecule has 1 fully saturated rings. The molecule has 5 nitrogen and oxygen atoms in total. The highest BCUT2D eigenvalue weighted by molar-refractivity contribution is 6.07. The van der Waals surface area contributed by atoms with Gasteiger partial charge in [-0.2, -0.15) is 13.2 Å². The van der Waals surface area contributed by atoms with Gasteiger partial charge in [0, 0.05) is 12.0 Å². The van der Waals surface area contributed by atoms with Crippen LogP contribution in [-0.2, 0) is 17.4 Å². The highest BCUT2D eigenvalue weighted by atomic mass is 19.4. The summed E-state index contributed by atoms with van der Waals surface area (Å²) in [4.78, 5) is 24.3. The van der Waals surface area contributed by atoms with Gasteiger partial charge in [0.15, 0.2) is 0 Å². The molecular weight excluding hydrogens is 490 g/mol. The number of hydrogen-bond donors (Lipinski definition) is 2. The quantitative estimate of drug-likeness (QED) is 0.335. The molecule has 0 radical (unpaired) electrons. The van der Waals surface area contributed by atoms with Crippen LogP contribution in [0.2, 0.25) is 0 Å². The van der Waals surface area contributed by atoms with Crippen molar-refractivity contribution in [2.24, 2.45) is 5.92 Å². The van der Waals surface area contributed by atoms with E-state index in [2.05, 4.69) is 5.32 Å². The fourth-order valence-electron chi connectivity index (χ4n) is 4.51. The maximum absolute atomic E-state index is 13.6. The van der Waals surface area contributed by atoms with E-state index in [1.165, 1.54) is 24.3 Å². The summed E-state index contributed by atoms with van der Waals surface area (Å²) in [6, 6.07) is 12.8. The summed E-state index contributed by atoms with van der Waals surface area (Å²) in [5.41, 5.74) is 1.02. The number of carboxylic acids is 1. The third-order valence-corrected chi connectivity index (χ3v) is 6.41. The molecule has 1 aliphatic rings. The summed E-state index contributed by atoms with van der Waals surface area (Å²) in [5.74, 6) is -2.59. The number of carbonyl (C=O) groups is 2. The predicted molar refractivity (Wildman–Crippen MR) is 129 cm³/mol. The molecule has 9 heteroatoms. The SMILES string of the molecule is Cc1cc(OCCc2cccc(F)c2)cc(C)c1C(=O)Nc1cc([C@H]2C[C@H]2C(=O)O)ccc1C(F)(F)F. The predicted octanol–water partition coefficient (Wildman–Crippen LogP) is 6.52. The first-order valence-electron chi connectivity index (χ1n) is 11.7. The zero-order chi connectivity index (χ0) is 26.9. The fraction of sp³-hybridized carbons (Fsp3) is 0.286. The van der Waals surface area contributed by atoms with E-state index in [1.54, 1.807) is 38.1 Å². The van der Waals surface area contributed by atoms with Crippen molar-refractivity contribution in [3.8, 4) is 5.75 Å². The molecule has 0 heterocycles. The minimum Gasteiger partial charge on any atom is -0.493 e. The average molecular weight is 516 g/mol. The first-order valence-corrected chi connectivity index (χ1v) is 11.7.